The van der Waals surface area contributed by atoms with Gasteiger partial charge in [-0.05, 0) is 12.1 Å². The van der Waals surface area contributed by atoms with Gasteiger partial charge in [0.05, 0.1) is 19.0 Å². The highest BCUT2D eigenvalue weighted by molar-refractivity contribution is 7.91. The molecule has 0 aliphatic carbocycles. The summed E-state index contributed by atoms with van der Waals surface area (Å²) in [4.78, 5) is 5.98. The van der Waals surface area contributed by atoms with E-state index in [9.17, 15) is 8.42 Å². The van der Waals surface area contributed by atoms with Crippen LogP contribution in [0.5, 0.6) is 0 Å². The summed E-state index contributed by atoms with van der Waals surface area (Å²) in [6.07, 6.45) is 1.50. The van der Waals surface area contributed by atoms with E-state index in [0.29, 0.717) is 19.8 Å². The molecule has 1 saturated heterocycles. The molecule has 2 heterocycles. The van der Waals surface area contributed by atoms with Crippen molar-refractivity contribution in [3.63, 3.8) is 0 Å². The molecule has 1 fully saturated rings. The molecular weight excluding hydrogens is 240 g/mol. The van der Waals surface area contributed by atoms with Crippen molar-refractivity contribution < 1.29 is 13.2 Å². The highest BCUT2D eigenvalue weighted by Crippen LogP contribution is 2.07. The fraction of sp³-hybridized carbons (Fsp3) is 0.545. The zero-order valence-electron chi connectivity index (χ0n) is 9.58. The largest absolute Gasteiger partial charge is 0.379 e. The Balaban J connectivity index is 1.94. The Kier molecular flexibility index (Phi) is 4.09. The normalized spacial score (nSPS) is 18.1. The molecule has 0 radical (unpaired) electrons. The van der Waals surface area contributed by atoms with E-state index >= 15 is 0 Å². The lowest BCUT2D eigenvalue weighted by atomic mass is 10.4. The molecule has 0 saturated carbocycles. The van der Waals surface area contributed by atoms with Gasteiger partial charge < -0.3 is 4.74 Å². The molecule has 1 aliphatic rings. The molecule has 0 unspecified atom stereocenters. The van der Waals surface area contributed by atoms with Crippen LogP contribution in [0.3, 0.4) is 0 Å². The number of nitrogens with zero attached hydrogens (tertiary/aromatic N) is 2. The Hall–Kier alpha value is -0.980. The second-order valence-electron chi connectivity index (χ2n) is 3.94. The fourth-order valence-electron chi connectivity index (χ4n) is 1.71. The molecule has 0 atom stereocenters. The van der Waals surface area contributed by atoms with Crippen LogP contribution in [0.15, 0.2) is 29.4 Å². The number of rotatable bonds is 4. The molecule has 1 aromatic heterocycles. The van der Waals surface area contributed by atoms with E-state index in [4.69, 9.17) is 4.74 Å². The zero-order chi connectivity index (χ0) is 12.1. The maximum absolute atomic E-state index is 12.0. The van der Waals surface area contributed by atoms with Crippen LogP contribution in [0.4, 0.5) is 0 Å². The first kappa shape index (κ1) is 12.5. The van der Waals surface area contributed by atoms with Gasteiger partial charge in [0.1, 0.15) is 0 Å². The Morgan fingerprint density at radius 3 is 2.71 bits per heavy atom. The topological polar surface area (TPSA) is 59.5 Å². The fourth-order valence-corrected chi connectivity index (χ4v) is 2.92. The first-order valence-corrected chi connectivity index (χ1v) is 7.27. The Morgan fingerprint density at radius 1 is 1.29 bits per heavy atom. The highest BCUT2D eigenvalue weighted by atomic mass is 32.2. The minimum Gasteiger partial charge on any atom is -0.379 e. The summed E-state index contributed by atoms with van der Waals surface area (Å²) in [5, 5.41) is 0.160. The van der Waals surface area contributed by atoms with Crippen LogP contribution in [0, 0.1) is 0 Å². The lowest BCUT2D eigenvalue weighted by Gasteiger charge is -2.26. The number of ether oxygens (including phenoxy) is 1. The van der Waals surface area contributed by atoms with Gasteiger partial charge >= 0.3 is 0 Å². The summed E-state index contributed by atoms with van der Waals surface area (Å²) in [5.74, 6) is 0.115. The van der Waals surface area contributed by atoms with Crippen LogP contribution in [0.2, 0.25) is 0 Å². The molecule has 0 aromatic carbocycles. The second-order valence-corrected chi connectivity index (χ2v) is 6.00. The predicted octanol–water partition coefficient (Wildman–Crippen LogP) is 0.187. The summed E-state index contributed by atoms with van der Waals surface area (Å²) in [7, 11) is -3.25. The molecule has 0 spiro atoms. The Morgan fingerprint density at radius 2 is 2.06 bits per heavy atom. The molecular formula is C11H16N2O3S. The van der Waals surface area contributed by atoms with Crippen molar-refractivity contribution in [3.8, 4) is 0 Å². The van der Waals surface area contributed by atoms with E-state index < -0.39 is 9.84 Å². The molecule has 6 heteroatoms. The summed E-state index contributed by atoms with van der Waals surface area (Å²) < 4.78 is 29.1. The summed E-state index contributed by atoms with van der Waals surface area (Å²) in [6.45, 7) is 3.52. The van der Waals surface area contributed by atoms with E-state index in [1.54, 1.807) is 12.1 Å². The minimum atomic E-state index is -3.25. The maximum atomic E-state index is 12.0. The van der Waals surface area contributed by atoms with E-state index in [1.165, 1.54) is 12.3 Å². The van der Waals surface area contributed by atoms with Crippen molar-refractivity contribution in [1.82, 2.24) is 9.88 Å². The average Bonchev–Trinajstić information content (AvgIpc) is 2.39. The predicted molar refractivity (Wildman–Crippen MR) is 63.5 cm³/mol. The zero-order valence-corrected chi connectivity index (χ0v) is 10.4. The molecule has 0 N–H and O–H groups in total. The SMILES string of the molecule is O=S(=O)(CCN1CCOCC1)c1ccccn1. The minimum absolute atomic E-state index is 0.115. The first-order valence-electron chi connectivity index (χ1n) is 5.62. The number of hydrogen-bond donors (Lipinski definition) is 0. The van der Waals surface area contributed by atoms with Crippen LogP contribution in [-0.4, -0.2) is 56.9 Å². The summed E-state index contributed by atoms with van der Waals surface area (Å²) in [5.41, 5.74) is 0. The lowest BCUT2D eigenvalue weighted by Crippen LogP contribution is -2.39. The smallest absolute Gasteiger partial charge is 0.196 e. The summed E-state index contributed by atoms with van der Waals surface area (Å²) >= 11 is 0. The monoisotopic (exact) mass is 256 g/mol. The van der Waals surface area contributed by atoms with Crippen molar-refractivity contribution in [2.75, 3.05) is 38.6 Å². The second kappa shape index (κ2) is 5.57. The van der Waals surface area contributed by atoms with Gasteiger partial charge in [-0.2, -0.15) is 0 Å². The van der Waals surface area contributed by atoms with Crippen LogP contribution in [0.1, 0.15) is 0 Å². The van der Waals surface area contributed by atoms with E-state index in [0.717, 1.165) is 13.1 Å². The van der Waals surface area contributed by atoms with Crippen molar-refractivity contribution in [2.45, 2.75) is 5.03 Å². The third-order valence-electron chi connectivity index (χ3n) is 2.74. The Bertz CT molecular complexity index is 441. The van der Waals surface area contributed by atoms with Crippen LogP contribution in [-0.2, 0) is 14.6 Å². The van der Waals surface area contributed by atoms with E-state index in [-0.39, 0.29) is 10.8 Å². The number of pyridine rings is 1. The van der Waals surface area contributed by atoms with Gasteiger partial charge in [0, 0.05) is 25.8 Å². The lowest BCUT2D eigenvalue weighted by molar-refractivity contribution is 0.0408. The molecule has 5 nitrogen and oxygen atoms in total. The highest BCUT2D eigenvalue weighted by Gasteiger charge is 2.18. The van der Waals surface area contributed by atoms with E-state index in [2.05, 4.69) is 9.88 Å². The molecule has 2 rings (SSSR count). The number of morpholine rings is 1. The van der Waals surface area contributed by atoms with Gasteiger partial charge in [0.25, 0.3) is 0 Å². The van der Waals surface area contributed by atoms with Crippen molar-refractivity contribution in [3.05, 3.63) is 24.4 Å². The molecule has 0 bridgehead atoms. The van der Waals surface area contributed by atoms with Gasteiger partial charge in [-0.15, -0.1) is 0 Å². The number of hydrogen-bond acceptors (Lipinski definition) is 5. The molecule has 1 aromatic rings. The van der Waals surface area contributed by atoms with Crippen LogP contribution in [0.25, 0.3) is 0 Å². The van der Waals surface area contributed by atoms with Gasteiger partial charge in [0.2, 0.25) is 0 Å². The number of aromatic nitrogens is 1. The third kappa shape index (κ3) is 3.49. The summed E-state index contributed by atoms with van der Waals surface area (Å²) in [6, 6.07) is 4.93. The van der Waals surface area contributed by atoms with Crippen LogP contribution < -0.4 is 0 Å². The van der Waals surface area contributed by atoms with Gasteiger partial charge in [-0.1, -0.05) is 6.07 Å². The van der Waals surface area contributed by atoms with Crippen molar-refractivity contribution >= 4 is 9.84 Å². The van der Waals surface area contributed by atoms with Gasteiger partial charge in [-0.3, -0.25) is 4.90 Å². The van der Waals surface area contributed by atoms with Gasteiger partial charge in [-0.25, -0.2) is 13.4 Å². The van der Waals surface area contributed by atoms with Gasteiger partial charge in [0.15, 0.2) is 14.9 Å². The molecule has 0 amide bonds. The molecule has 17 heavy (non-hydrogen) atoms. The Labute approximate surface area is 101 Å². The van der Waals surface area contributed by atoms with Crippen LogP contribution >= 0.6 is 0 Å². The standard InChI is InChI=1S/C11H16N2O3S/c14-17(15,11-3-1-2-4-12-11)10-7-13-5-8-16-9-6-13/h1-4H,5-10H2. The van der Waals surface area contributed by atoms with Crippen molar-refractivity contribution in [2.24, 2.45) is 0 Å². The maximum Gasteiger partial charge on any atom is 0.196 e. The third-order valence-corrected chi connectivity index (χ3v) is 4.34. The molecule has 94 valence electrons. The van der Waals surface area contributed by atoms with E-state index in [1.807, 2.05) is 0 Å². The first-order chi connectivity index (χ1) is 8.18. The average molecular weight is 256 g/mol. The molecule has 1 aliphatic heterocycles. The number of sulfone groups is 1. The quantitative estimate of drug-likeness (QED) is 0.769. The van der Waals surface area contributed by atoms with Crippen molar-refractivity contribution in [1.29, 1.82) is 0 Å².